The molecule has 0 rings (SSSR count). The molecule has 0 bridgehead atoms. The largest absolute Gasteiger partial charge is 0.315 e. The van der Waals surface area contributed by atoms with Gasteiger partial charge in [-0.2, -0.15) is 8.42 Å². The summed E-state index contributed by atoms with van der Waals surface area (Å²) in [6, 6.07) is 0. The number of rotatable bonds is 21. The summed E-state index contributed by atoms with van der Waals surface area (Å²) >= 11 is 0. The Morgan fingerprint density at radius 1 is 0.750 bits per heavy atom. The molecule has 0 spiro atoms. The zero-order valence-electron chi connectivity index (χ0n) is 17.0. The lowest BCUT2D eigenvalue weighted by atomic mass is 10.2. The van der Waals surface area contributed by atoms with Gasteiger partial charge >= 0.3 is 0 Å². The third-order valence-corrected chi connectivity index (χ3v) is 6.09. The van der Waals surface area contributed by atoms with Crippen LogP contribution in [0.2, 0.25) is 0 Å². The fourth-order valence-electron chi connectivity index (χ4n) is 2.51. The van der Waals surface area contributed by atoms with Crippen molar-refractivity contribution in [2.75, 3.05) is 52.7 Å². The lowest BCUT2D eigenvalue weighted by Crippen LogP contribution is -2.34. The van der Waals surface area contributed by atoms with E-state index in [0.29, 0.717) is 65.0 Å². The van der Waals surface area contributed by atoms with E-state index in [4.69, 9.17) is 14.7 Å². The summed E-state index contributed by atoms with van der Waals surface area (Å²) in [5, 5.41) is 27.8. The maximum atomic E-state index is 12.6. The predicted octanol–water partition coefficient (Wildman–Crippen LogP) is -0.0772. The molecule has 28 heavy (non-hydrogen) atoms. The fourth-order valence-corrected chi connectivity index (χ4v) is 4.09. The highest BCUT2D eigenvalue weighted by Gasteiger charge is 2.27. The topological polar surface area (TPSA) is 150 Å². The minimum absolute atomic E-state index is 0.0579. The van der Waals surface area contributed by atoms with Gasteiger partial charge in [0.05, 0.1) is 11.4 Å². The lowest BCUT2D eigenvalue weighted by Gasteiger charge is -2.21. The lowest BCUT2D eigenvalue weighted by molar-refractivity contribution is -0.247. The normalized spacial score (nSPS) is 14.3. The van der Waals surface area contributed by atoms with E-state index >= 15 is 0 Å². The molecule has 170 valence electrons. The summed E-state index contributed by atoms with van der Waals surface area (Å²) < 4.78 is 30.6. The quantitative estimate of drug-likeness (QED) is 0.0477. The highest BCUT2D eigenvalue weighted by Crippen LogP contribution is 2.17. The molecule has 11 nitrogen and oxygen atoms in total. The predicted molar refractivity (Wildman–Crippen MR) is 106 cm³/mol. The third-order valence-electron chi connectivity index (χ3n) is 4.17. The van der Waals surface area contributed by atoms with E-state index in [0.717, 1.165) is 0 Å². The Morgan fingerprint density at radius 3 is 1.71 bits per heavy atom. The van der Waals surface area contributed by atoms with Gasteiger partial charge in [0.15, 0.2) is 0 Å². The van der Waals surface area contributed by atoms with Crippen LogP contribution in [0.5, 0.6) is 0 Å². The van der Waals surface area contributed by atoms with Crippen molar-refractivity contribution in [1.82, 2.24) is 21.3 Å². The summed E-state index contributed by atoms with van der Waals surface area (Å²) in [6.07, 6.45) is 1.83. The summed E-state index contributed by atoms with van der Waals surface area (Å²) in [5.74, 6) is 0. The Bertz CT molecular complexity index is 443. The van der Waals surface area contributed by atoms with Gasteiger partial charge < -0.3 is 10.6 Å². The summed E-state index contributed by atoms with van der Waals surface area (Å²) in [7, 11) is -3.63. The standard InChI is InChI=1S/C16H38N4O7S/c1-3-15(5-7-17-9-11-19-13-25-21)27-28(23,24)16(4-2)6-8-18-10-12-20-14-26-22/h15-22H,3-14H2,1-2H3. The molecule has 0 heterocycles. The van der Waals surface area contributed by atoms with Gasteiger partial charge in [-0.3, -0.25) is 25.3 Å². The number of hydrogen-bond donors (Lipinski definition) is 6. The molecule has 0 saturated carbocycles. The van der Waals surface area contributed by atoms with Gasteiger partial charge in [0, 0.05) is 26.2 Å². The Morgan fingerprint density at radius 2 is 1.25 bits per heavy atom. The van der Waals surface area contributed by atoms with Gasteiger partial charge in [0.1, 0.15) is 13.5 Å². The van der Waals surface area contributed by atoms with E-state index < -0.39 is 15.4 Å². The molecule has 12 heteroatoms. The first-order valence-corrected chi connectivity index (χ1v) is 11.3. The zero-order valence-corrected chi connectivity index (χ0v) is 17.8. The van der Waals surface area contributed by atoms with Crippen LogP contribution in [0.15, 0.2) is 0 Å². The van der Waals surface area contributed by atoms with Gasteiger partial charge in [-0.1, -0.05) is 13.8 Å². The van der Waals surface area contributed by atoms with Gasteiger partial charge in [-0.05, 0) is 38.8 Å². The van der Waals surface area contributed by atoms with Crippen LogP contribution in [0, 0.1) is 0 Å². The van der Waals surface area contributed by atoms with Crippen molar-refractivity contribution >= 4 is 10.1 Å². The molecule has 0 aliphatic carbocycles. The van der Waals surface area contributed by atoms with E-state index in [-0.39, 0.29) is 19.6 Å². The van der Waals surface area contributed by atoms with Crippen LogP contribution in [0.1, 0.15) is 39.5 Å². The summed E-state index contributed by atoms with van der Waals surface area (Å²) in [5.41, 5.74) is 0. The van der Waals surface area contributed by atoms with Crippen molar-refractivity contribution in [1.29, 1.82) is 0 Å². The molecule has 0 aliphatic heterocycles. The van der Waals surface area contributed by atoms with Gasteiger partial charge in [0.25, 0.3) is 10.1 Å². The Labute approximate surface area is 168 Å². The molecule has 6 N–H and O–H groups in total. The van der Waals surface area contributed by atoms with Crippen LogP contribution in [-0.4, -0.2) is 83.0 Å². The number of nitrogens with one attached hydrogen (secondary N) is 4. The van der Waals surface area contributed by atoms with Gasteiger partial charge in [-0.25, -0.2) is 9.78 Å². The Hall–Kier alpha value is -0.410. The van der Waals surface area contributed by atoms with Crippen LogP contribution in [0.25, 0.3) is 0 Å². The van der Waals surface area contributed by atoms with E-state index in [2.05, 4.69) is 31.0 Å². The molecule has 0 aromatic heterocycles. The highest BCUT2D eigenvalue weighted by atomic mass is 32.2. The smallest absolute Gasteiger partial charge is 0.270 e. The molecular formula is C16H38N4O7S. The monoisotopic (exact) mass is 430 g/mol. The Kier molecular flexibility index (Phi) is 18.3. The van der Waals surface area contributed by atoms with Crippen molar-refractivity contribution in [3.05, 3.63) is 0 Å². The molecule has 0 aromatic carbocycles. The fraction of sp³-hybridized carbons (Fsp3) is 1.00. The first-order chi connectivity index (χ1) is 13.5. The van der Waals surface area contributed by atoms with E-state index in [1.165, 1.54) is 0 Å². The van der Waals surface area contributed by atoms with Crippen LogP contribution in [0.4, 0.5) is 0 Å². The van der Waals surface area contributed by atoms with Crippen LogP contribution in [0.3, 0.4) is 0 Å². The van der Waals surface area contributed by atoms with Crippen molar-refractivity contribution in [2.45, 2.75) is 50.9 Å². The van der Waals surface area contributed by atoms with E-state index in [9.17, 15) is 8.42 Å². The Balaban J connectivity index is 4.12. The van der Waals surface area contributed by atoms with Crippen molar-refractivity contribution < 1.29 is 32.9 Å². The maximum absolute atomic E-state index is 12.6. The summed E-state index contributed by atoms with van der Waals surface area (Å²) in [6.45, 7) is 7.63. The van der Waals surface area contributed by atoms with E-state index in [1.807, 2.05) is 13.8 Å². The molecular weight excluding hydrogens is 392 g/mol. The third kappa shape index (κ3) is 14.6. The second-order valence-electron chi connectivity index (χ2n) is 6.27. The highest BCUT2D eigenvalue weighted by molar-refractivity contribution is 7.87. The number of hydrogen-bond acceptors (Lipinski definition) is 11. The molecule has 0 aromatic rings. The zero-order chi connectivity index (χ0) is 21.1. The molecule has 0 aliphatic rings. The van der Waals surface area contributed by atoms with Gasteiger partial charge in [0.2, 0.25) is 0 Å². The molecule has 0 saturated heterocycles. The maximum Gasteiger partial charge on any atom is 0.270 e. The van der Waals surface area contributed by atoms with E-state index in [1.54, 1.807) is 0 Å². The first kappa shape index (κ1) is 27.6. The second-order valence-corrected chi connectivity index (χ2v) is 8.12. The van der Waals surface area contributed by atoms with Crippen LogP contribution in [-0.2, 0) is 24.1 Å². The van der Waals surface area contributed by atoms with Crippen molar-refractivity contribution in [2.24, 2.45) is 0 Å². The average molecular weight is 431 g/mol. The average Bonchev–Trinajstić information content (AvgIpc) is 2.68. The molecule has 0 radical (unpaired) electrons. The second kappa shape index (κ2) is 18.6. The van der Waals surface area contributed by atoms with Crippen LogP contribution >= 0.6 is 0 Å². The molecule has 2 unspecified atom stereocenters. The molecule has 2 atom stereocenters. The van der Waals surface area contributed by atoms with Crippen molar-refractivity contribution in [3.63, 3.8) is 0 Å². The SMILES string of the molecule is CCC(CCNCCNCOO)OS(=O)(=O)C(CC)CCNCCNCOO. The minimum atomic E-state index is -3.63. The molecule has 0 amide bonds. The van der Waals surface area contributed by atoms with Crippen molar-refractivity contribution in [3.8, 4) is 0 Å². The minimum Gasteiger partial charge on any atom is -0.315 e. The molecule has 0 fully saturated rings. The van der Waals surface area contributed by atoms with Crippen LogP contribution < -0.4 is 21.3 Å². The first-order valence-electron chi connectivity index (χ1n) is 9.79. The summed E-state index contributed by atoms with van der Waals surface area (Å²) in [4.78, 5) is 7.80. The van der Waals surface area contributed by atoms with Gasteiger partial charge in [-0.15, -0.1) is 0 Å².